The molecule has 4 rings (SSSR count). The summed E-state index contributed by atoms with van der Waals surface area (Å²) in [5.74, 6) is 0.646. The molecular weight excluding hydrogens is 500 g/mol. The van der Waals surface area contributed by atoms with Gasteiger partial charge in [-0.25, -0.2) is 4.99 Å². The van der Waals surface area contributed by atoms with Crippen molar-refractivity contribution in [3.63, 3.8) is 0 Å². The first kappa shape index (κ1) is 28.1. The number of carbonyl (C=O) groups is 1. The van der Waals surface area contributed by atoms with Gasteiger partial charge in [0.25, 0.3) is 5.91 Å². The predicted octanol–water partition coefficient (Wildman–Crippen LogP) is 3.67. The highest BCUT2D eigenvalue weighted by Gasteiger charge is 2.52. The Bertz CT molecular complexity index is 1210. The lowest BCUT2D eigenvalue weighted by Gasteiger charge is -2.31. The Labute approximate surface area is 227 Å². The van der Waals surface area contributed by atoms with Crippen molar-refractivity contribution >= 4 is 17.5 Å². The summed E-state index contributed by atoms with van der Waals surface area (Å²) >= 11 is 0. The molecule has 2 aliphatic heterocycles. The lowest BCUT2D eigenvalue weighted by Crippen LogP contribution is -2.50. The SMILES string of the molecule is C=CC[C@]1(C(=O)NCCN2CCOCC2)N=C(c2ccc(OCCCO)cc2)O[C@H]1c1ccccc1N=[N+]=[N-]. The van der Waals surface area contributed by atoms with Crippen molar-refractivity contribution < 1.29 is 24.1 Å². The Hall–Kier alpha value is -3.89. The summed E-state index contributed by atoms with van der Waals surface area (Å²) in [6.45, 7) is 8.48. The lowest BCUT2D eigenvalue weighted by molar-refractivity contribution is -0.128. The molecule has 11 heteroatoms. The summed E-state index contributed by atoms with van der Waals surface area (Å²) < 4.78 is 17.4. The number of benzene rings is 2. The number of aliphatic imine (C=N–C) groups is 1. The number of ether oxygens (including phenoxy) is 3. The number of nitrogens with zero attached hydrogens (tertiary/aromatic N) is 5. The van der Waals surface area contributed by atoms with Crippen LogP contribution < -0.4 is 10.1 Å². The Morgan fingerprint density at radius 2 is 2.05 bits per heavy atom. The van der Waals surface area contributed by atoms with Crippen LogP contribution in [0, 0.1) is 0 Å². The van der Waals surface area contributed by atoms with E-state index in [-0.39, 0.29) is 18.9 Å². The molecule has 2 N–H and O–H groups in total. The van der Waals surface area contributed by atoms with Crippen LogP contribution in [0.3, 0.4) is 0 Å². The summed E-state index contributed by atoms with van der Waals surface area (Å²) in [7, 11) is 0. The monoisotopic (exact) mass is 534 g/mol. The molecule has 0 spiro atoms. The normalized spacial score (nSPS) is 20.8. The van der Waals surface area contributed by atoms with Gasteiger partial charge in [-0.3, -0.25) is 9.69 Å². The average Bonchev–Trinajstić information content (AvgIpc) is 3.35. The van der Waals surface area contributed by atoms with Gasteiger partial charge in [-0.2, -0.15) is 0 Å². The Kier molecular flexibility index (Phi) is 9.93. The van der Waals surface area contributed by atoms with Gasteiger partial charge < -0.3 is 24.6 Å². The second-order valence-corrected chi connectivity index (χ2v) is 9.24. The number of nitrogens with one attached hydrogen (secondary N) is 1. The van der Waals surface area contributed by atoms with Gasteiger partial charge in [-0.1, -0.05) is 35.5 Å². The van der Waals surface area contributed by atoms with Crippen LogP contribution >= 0.6 is 0 Å². The molecule has 11 nitrogen and oxygen atoms in total. The molecule has 0 bridgehead atoms. The van der Waals surface area contributed by atoms with Crippen LogP contribution in [0.5, 0.6) is 5.75 Å². The maximum atomic E-state index is 13.9. The van der Waals surface area contributed by atoms with Crippen molar-refractivity contribution in [1.82, 2.24) is 10.2 Å². The number of aliphatic hydroxyl groups excluding tert-OH is 1. The third-order valence-electron chi connectivity index (χ3n) is 6.67. The molecule has 206 valence electrons. The van der Waals surface area contributed by atoms with Crippen LogP contribution in [0.15, 0.2) is 71.3 Å². The van der Waals surface area contributed by atoms with E-state index in [1.165, 1.54) is 0 Å². The molecule has 1 saturated heterocycles. The van der Waals surface area contributed by atoms with E-state index >= 15 is 0 Å². The van der Waals surface area contributed by atoms with Crippen molar-refractivity contribution in [3.05, 3.63) is 82.8 Å². The average molecular weight is 535 g/mol. The standard InChI is InChI=1S/C28H34N6O5/c1-2-12-28(27(36)30-13-14-34-15-19-37-20-16-34)25(23-6-3-4-7-24(23)32-33-29)39-26(31-28)21-8-10-22(11-9-21)38-18-5-17-35/h2-4,6-11,25,35H,1,5,12-20H2,(H,30,36)/t25-,28-/m0/s1. The zero-order chi connectivity index (χ0) is 27.5. The minimum absolute atomic E-state index is 0.0569. The Morgan fingerprint density at radius 3 is 2.77 bits per heavy atom. The van der Waals surface area contributed by atoms with E-state index in [0.29, 0.717) is 67.8 Å². The molecule has 0 unspecified atom stereocenters. The smallest absolute Gasteiger partial charge is 0.252 e. The van der Waals surface area contributed by atoms with E-state index in [4.69, 9.17) is 29.8 Å². The predicted molar refractivity (Wildman–Crippen MR) is 147 cm³/mol. The molecule has 1 amide bonds. The number of rotatable bonds is 13. The van der Waals surface area contributed by atoms with Crippen LogP contribution in [0.4, 0.5) is 5.69 Å². The first-order valence-electron chi connectivity index (χ1n) is 13.0. The van der Waals surface area contributed by atoms with Crippen molar-refractivity contribution in [2.45, 2.75) is 24.5 Å². The fourth-order valence-electron chi connectivity index (χ4n) is 4.67. The van der Waals surface area contributed by atoms with E-state index in [0.717, 1.165) is 13.1 Å². The van der Waals surface area contributed by atoms with E-state index in [2.05, 4.69) is 26.8 Å². The van der Waals surface area contributed by atoms with Crippen molar-refractivity contribution in [2.24, 2.45) is 10.1 Å². The van der Waals surface area contributed by atoms with Crippen molar-refractivity contribution in [3.8, 4) is 5.75 Å². The molecule has 0 aliphatic carbocycles. The van der Waals surface area contributed by atoms with E-state index in [9.17, 15) is 4.79 Å². The first-order chi connectivity index (χ1) is 19.1. The quantitative estimate of drug-likeness (QED) is 0.132. The zero-order valence-corrected chi connectivity index (χ0v) is 21.9. The van der Waals surface area contributed by atoms with Gasteiger partial charge in [-0.05, 0) is 29.8 Å². The molecule has 2 aromatic carbocycles. The number of azide groups is 1. The van der Waals surface area contributed by atoms with Crippen LogP contribution in [-0.4, -0.2) is 80.0 Å². The molecule has 2 aliphatic rings. The van der Waals surface area contributed by atoms with E-state index in [1.807, 2.05) is 12.1 Å². The Morgan fingerprint density at radius 1 is 1.28 bits per heavy atom. The highest BCUT2D eigenvalue weighted by atomic mass is 16.5. The summed E-state index contributed by atoms with van der Waals surface area (Å²) in [6.07, 6.45) is 1.54. The minimum Gasteiger partial charge on any atom is -0.494 e. The fourth-order valence-corrected chi connectivity index (χ4v) is 4.67. The van der Waals surface area contributed by atoms with Crippen molar-refractivity contribution in [2.75, 3.05) is 52.6 Å². The Balaban J connectivity index is 1.64. The fraction of sp³-hybridized carbons (Fsp3) is 0.429. The van der Waals surface area contributed by atoms with Gasteiger partial charge in [0, 0.05) is 67.4 Å². The molecule has 0 radical (unpaired) electrons. The third kappa shape index (κ3) is 6.76. The van der Waals surface area contributed by atoms with Gasteiger partial charge in [0.1, 0.15) is 5.75 Å². The molecule has 2 atom stereocenters. The number of hydrogen-bond acceptors (Lipinski definition) is 8. The summed E-state index contributed by atoms with van der Waals surface area (Å²) in [4.78, 5) is 24.0. The number of amides is 1. The van der Waals surface area contributed by atoms with Crippen molar-refractivity contribution in [1.29, 1.82) is 0 Å². The minimum atomic E-state index is -1.36. The lowest BCUT2D eigenvalue weighted by atomic mass is 9.84. The molecular formula is C28H34N6O5. The first-order valence-corrected chi connectivity index (χ1v) is 13.0. The summed E-state index contributed by atoms with van der Waals surface area (Å²) in [6, 6.07) is 14.2. The number of carbonyl (C=O) groups excluding carboxylic acids is 1. The summed E-state index contributed by atoms with van der Waals surface area (Å²) in [5.41, 5.74) is 9.39. The highest BCUT2D eigenvalue weighted by molar-refractivity contribution is 6.01. The third-order valence-corrected chi connectivity index (χ3v) is 6.67. The van der Waals surface area contributed by atoms with Crippen LogP contribution in [-0.2, 0) is 14.3 Å². The highest BCUT2D eigenvalue weighted by Crippen LogP contribution is 2.45. The summed E-state index contributed by atoms with van der Waals surface area (Å²) in [5, 5.41) is 15.9. The molecule has 2 heterocycles. The second-order valence-electron chi connectivity index (χ2n) is 9.24. The van der Waals surface area contributed by atoms with E-state index in [1.54, 1.807) is 42.5 Å². The number of morpholine rings is 1. The van der Waals surface area contributed by atoms with Gasteiger partial charge in [0.05, 0.1) is 19.8 Å². The van der Waals surface area contributed by atoms with Gasteiger partial charge >= 0.3 is 0 Å². The maximum Gasteiger partial charge on any atom is 0.252 e. The largest absolute Gasteiger partial charge is 0.494 e. The van der Waals surface area contributed by atoms with Crippen LogP contribution in [0.1, 0.15) is 30.1 Å². The maximum absolute atomic E-state index is 13.9. The molecule has 0 saturated carbocycles. The van der Waals surface area contributed by atoms with Crippen LogP contribution in [0.25, 0.3) is 10.4 Å². The van der Waals surface area contributed by atoms with Gasteiger partial charge in [0.15, 0.2) is 11.6 Å². The molecule has 1 fully saturated rings. The van der Waals surface area contributed by atoms with Crippen LogP contribution in [0.2, 0.25) is 0 Å². The van der Waals surface area contributed by atoms with Gasteiger partial charge in [0.2, 0.25) is 5.90 Å². The zero-order valence-electron chi connectivity index (χ0n) is 21.9. The second kappa shape index (κ2) is 13.8. The van der Waals surface area contributed by atoms with E-state index < -0.39 is 11.6 Å². The molecule has 0 aromatic heterocycles. The topological polar surface area (TPSA) is 141 Å². The molecule has 39 heavy (non-hydrogen) atoms. The number of hydrogen-bond donors (Lipinski definition) is 2. The number of aliphatic hydroxyl groups is 1. The molecule has 2 aromatic rings. The van der Waals surface area contributed by atoms with Gasteiger partial charge in [-0.15, -0.1) is 6.58 Å².